The third-order valence-corrected chi connectivity index (χ3v) is 3.96. The zero-order valence-electron chi connectivity index (χ0n) is 10.8. The molecule has 1 unspecified atom stereocenters. The van der Waals surface area contributed by atoms with Gasteiger partial charge in [-0.05, 0) is 42.8 Å². The zero-order valence-corrected chi connectivity index (χ0v) is 13.2. The summed E-state index contributed by atoms with van der Waals surface area (Å²) in [6.07, 6.45) is 2.02. The molecule has 0 radical (unpaired) electrons. The average molecular weight is 325 g/mol. The number of aromatic amines is 1. The summed E-state index contributed by atoms with van der Waals surface area (Å²) in [6.45, 7) is 6.54. The van der Waals surface area contributed by atoms with Crippen LogP contribution in [0.1, 0.15) is 44.0 Å². The van der Waals surface area contributed by atoms with Gasteiger partial charge < -0.3 is 9.55 Å². The molecule has 0 fully saturated rings. The smallest absolute Gasteiger partial charge is 0.177 e. The molecule has 1 aromatic carbocycles. The fourth-order valence-electron chi connectivity index (χ4n) is 2.15. The quantitative estimate of drug-likeness (QED) is 0.784. The number of imidazole rings is 1. The first-order chi connectivity index (χ1) is 8.50. The minimum Gasteiger partial charge on any atom is -0.337 e. The normalized spacial score (nSPS) is 12.9. The van der Waals surface area contributed by atoms with Gasteiger partial charge in [0.2, 0.25) is 0 Å². The lowest BCUT2D eigenvalue weighted by molar-refractivity contribution is 0.582. The predicted molar refractivity (Wildman–Crippen MR) is 81.7 cm³/mol. The van der Waals surface area contributed by atoms with E-state index in [4.69, 9.17) is 12.2 Å². The van der Waals surface area contributed by atoms with Crippen LogP contribution in [0.3, 0.4) is 0 Å². The molecule has 4 heteroatoms. The Hall–Kier alpha value is -0.870. The van der Waals surface area contributed by atoms with Gasteiger partial charge in [0, 0.05) is 16.4 Å². The molecule has 0 aliphatic rings. The third-order valence-electron chi connectivity index (χ3n) is 3.15. The molecule has 1 aromatic heterocycles. The Morgan fingerprint density at radius 1 is 1.28 bits per heavy atom. The van der Waals surface area contributed by atoms with Gasteiger partial charge in [0.1, 0.15) is 0 Å². The van der Waals surface area contributed by atoms with Gasteiger partial charge in [-0.1, -0.05) is 41.9 Å². The molecule has 0 aliphatic carbocycles. The highest BCUT2D eigenvalue weighted by Gasteiger charge is 2.15. The van der Waals surface area contributed by atoms with Crippen LogP contribution in [-0.2, 0) is 0 Å². The van der Waals surface area contributed by atoms with Crippen molar-refractivity contribution in [2.75, 3.05) is 0 Å². The van der Waals surface area contributed by atoms with Crippen molar-refractivity contribution in [1.29, 1.82) is 0 Å². The fraction of sp³-hybridized carbons (Fsp3) is 0.357. The molecule has 1 atom stereocenters. The van der Waals surface area contributed by atoms with Gasteiger partial charge >= 0.3 is 0 Å². The van der Waals surface area contributed by atoms with Gasteiger partial charge in [-0.2, -0.15) is 0 Å². The van der Waals surface area contributed by atoms with Gasteiger partial charge in [0.05, 0.1) is 6.04 Å². The first-order valence-electron chi connectivity index (χ1n) is 6.06. The fourth-order valence-corrected chi connectivity index (χ4v) is 2.89. The van der Waals surface area contributed by atoms with E-state index in [-0.39, 0.29) is 6.04 Å². The van der Waals surface area contributed by atoms with Crippen molar-refractivity contribution in [3.8, 4) is 0 Å². The topological polar surface area (TPSA) is 20.7 Å². The zero-order chi connectivity index (χ0) is 13.3. The minimum absolute atomic E-state index is 0.235. The van der Waals surface area contributed by atoms with Gasteiger partial charge in [-0.15, -0.1) is 0 Å². The van der Waals surface area contributed by atoms with Crippen LogP contribution in [0.4, 0.5) is 0 Å². The van der Waals surface area contributed by atoms with E-state index in [0.29, 0.717) is 5.92 Å². The van der Waals surface area contributed by atoms with Gasteiger partial charge in [-0.3, -0.25) is 0 Å². The number of nitrogens with zero attached hydrogens (tertiary/aromatic N) is 1. The van der Waals surface area contributed by atoms with Crippen LogP contribution in [0.15, 0.2) is 34.9 Å². The number of halogens is 1. The minimum atomic E-state index is 0.235. The van der Waals surface area contributed by atoms with E-state index in [0.717, 1.165) is 9.24 Å². The van der Waals surface area contributed by atoms with Gasteiger partial charge in [-0.25, -0.2) is 0 Å². The van der Waals surface area contributed by atoms with Crippen LogP contribution in [0.25, 0.3) is 0 Å². The number of nitrogens with one attached hydrogen (secondary N) is 1. The number of hydrogen-bond donors (Lipinski definition) is 1. The van der Waals surface area contributed by atoms with Crippen molar-refractivity contribution in [1.82, 2.24) is 9.55 Å². The number of rotatable bonds is 3. The second-order valence-corrected chi connectivity index (χ2v) is 6.08. The predicted octanol–water partition coefficient (Wildman–Crippen LogP) is 5.04. The molecule has 1 N–H and O–H groups in total. The molecule has 1 heterocycles. The van der Waals surface area contributed by atoms with Crippen LogP contribution in [0.5, 0.6) is 0 Å². The van der Waals surface area contributed by atoms with Crippen LogP contribution < -0.4 is 0 Å². The highest BCUT2D eigenvalue weighted by Crippen LogP contribution is 2.26. The monoisotopic (exact) mass is 324 g/mol. The molecule has 96 valence electrons. The maximum Gasteiger partial charge on any atom is 0.177 e. The van der Waals surface area contributed by atoms with E-state index < -0.39 is 0 Å². The summed E-state index contributed by atoms with van der Waals surface area (Å²) in [7, 11) is 0. The molecular formula is C14H17BrN2S. The van der Waals surface area contributed by atoms with Crippen molar-refractivity contribution >= 4 is 28.1 Å². The molecule has 0 spiro atoms. The first-order valence-corrected chi connectivity index (χ1v) is 7.26. The maximum absolute atomic E-state index is 5.40. The number of hydrogen-bond acceptors (Lipinski definition) is 1. The van der Waals surface area contributed by atoms with Crippen LogP contribution >= 0.6 is 28.1 Å². The average Bonchev–Trinajstić information content (AvgIpc) is 2.70. The molecule has 0 saturated carbocycles. The Labute approximate surface area is 121 Å². The lowest BCUT2D eigenvalue weighted by atomic mass is 10.1. The summed E-state index contributed by atoms with van der Waals surface area (Å²) in [6, 6.07) is 8.60. The standard InChI is InChI=1S/C14H17BrN2S/c1-9(2)13-8-16-14(18)17(13)10(3)11-5-4-6-12(15)7-11/h4-10H,1-3H3,(H,16,18). The molecule has 18 heavy (non-hydrogen) atoms. The van der Waals surface area contributed by atoms with Crippen molar-refractivity contribution < 1.29 is 0 Å². The SMILES string of the molecule is CC(C)c1c[nH]c(=S)n1C(C)c1cccc(Br)c1. The molecule has 2 aromatic rings. The number of benzene rings is 1. The Balaban J connectivity index is 2.49. The van der Waals surface area contributed by atoms with E-state index in [1.54, 1.807) is 0 Å². The molecule has 0 saturated heterocycles. The molecular weight excluding hydrogens is 308 g/mol. The molecule has 0 bridgehead atoms. The summed E-state index contributed by atoms with van der Waals surface area (Å²) in [5.74, 6) is 0.451. The van der Waals surface area contributed by atoms with Crippen molar-refractivity contribution in [3.63, 3.8) is 0 Å². The Kier molecular flexibility index (Phi) is 4.07. The van der Waals surface area contributed by atoms with Crippen molar-refractivity contribution in [2.24, 2.45) is 0 Å². The highest BCUT2D eigenvalue weighted by molar-refractivity contribution is 9.10. The van der Waals surface area contributed by atoms with Crippen LogP contribution in [-0.4, -0.2) is 9.55 Å². The second-order valence-electron chi connectivity index (χ2n) is 4.77. The van der Waals surface area contributed by atoms with Gasteiger partial charge in [0.15, 0.2) is 4.77 Å². The van der Waals surface area contributed by atoms with E-state index in [1.165, 1.54) is 11.3 Å². The summed E-state index contributed by atoms with van der Waals surface area (Å²) < 4.78 is 4.08. The summed E-state index contributed by atoms with van der Waals surface area (Å²) in [5, 5.41) is 0. The van der Waals surface area contributed by atoms with Gasteiger partial charge in [0.25, 0.3) is 0 Å². The number of H-pyrrole nitrogens is 1. The van der Waals surface area contributed by atoms with Crippen LogP contribution in [0.2, 0.25) is 0 Å². The van der Waals surface area contributed by atoms with E-state index in [9.17, 15) is 0 Å². The maximum atomic E-state index is 5.40. The molecule has 2 rings (SSSR count). The largest absolute Gasteiger partial charge is 0.337 e. The Morgan fingerprint density at radius 3 is 2.61 bits per heavy atom. The van der Waals surface area contributed by atoms with E-state index in [1.807, 2.05) is 12.3 Å². The van der Waals surface area contributed by atoms with Crippen molar-refractivity contribution in [2.45, 2.75) is 32.7 Å². The second kappa shape index (κ2) is 5.41. The summed E-state index contributed by atoms with van der Waals surface area (Å²) in [4.78, 5) is 3.15. The lowest BCUT2D eigenvalue weighted by Crippen LogP contribution is -2.11. The first kappa shape index (κ1) is 13.6. The molecule has 0 aliphatic heterocycles. The highest BCUT2D eigenvalue weighted by atomic mass is 79.9. The van der Waals surface area contributed by atoms with Crippen LogP contribution in [0, 0.1) is 4.77 Å². The Morgan fingerprint density at radius 2 is 2.00 bits per heavy atom. The number of aromatic nitrogens is 2. The van der Waals surface area contributed by atoms with E-state index >= 15 is 0 Å². The van der Waals surface area contributed by atoms with Crippen molar-refractivity contribution in [3.05, 3.63) is 51.0 Å². The lowest BCUT2D eigenvalue weighted by Gasteiger charge is -2.19. The third kappa shape index (κ3) is 2.59. The summed E-state index contributed by atoms with van der Waals surface area (Å²) in [5.41, 5.74) is 2.49. The Bertz CT molecular complexity index is 598. The van der Waals surface area contributed by atoms with E-state index in [2.05, 4.69) is 64.5 Å². The molecule has 2 nitrogen and oxygen atoms in total. The molecule has 0 amide bonds. The summed E-state index contributed by atoms with van der Waals surface area (Å²) >= 11 is 8.91.